The summed E-state index contributed by atoms with van der Waals surface area (Å²) < 4.78 is 5.32. The third-order valence-corrected chi connectivity index (χ3v) is 4.85. The van der Waals surface area contributed by atoms with Gasteiger partial charge in [-0.1, -0.05) is 24.9 Å². The molecule has 1 aromatic heterocycles. The second-order valence-electron chi connectivity index (χ2n) is 6.39. The van der Waals surface area contributed by atoms with Gasteiger partial charge in [0, 0.05) is 25.4 Å². The predicted octanol–water partition coefficient (Wildman–Crippen LogP) is 2.15. The third kappa shape index (κ3) is 2.88. The van der Waals surface area contributed by atoms with Crippen molar-refractivity contribution in [3.05, 3.63) is 11.7 Å². The molecule has 112 valence electrons. The van der Waals surface area contributed by atoms with Crippen LogP contribution >= 0.6 is 0 Å². The van der Waals surface area contributed by atoms with E-state index in [0.29, 0.717) is 5.92 Å². The number of piperidine rings is 1. The molecule has 0 amide bonds. The maximum absolute atomic E-state index is 10.7. The molecular formula is C15H25N3O2. The lowest BCUT2D eigenvalue weighted by Gasteiger charge is -2.47. The van der Waals surface area contributed by atoms with E-state index < -0.39 is 5.60 Å². The molecule has 0 spiro atoms. The van der Waals surface area contributed by atoms with Crippen LogP contribution in [-0.4, -0.2) is 38.8 Å². The van der Waals surface area contributed by atoms with Crippen molar-refractivity contribution in [1.29, 1.82) is 0 Å². The summed E-state index contributed by atoms with van der Waals surface area (Å²) in [4.78, 5) is 6.79. The van der Waals surface area contributed by atoms with E-state index in [4.69, 9.17) is 4.52 Å². The number of hydrogen-bond donors (Lipinski definition) is 1. The number of aliphatic hydroxyl groups is 1. The molecule has 0 radical (unpaired) electrons. The maximum atomic E-state index is 10.7. The van der Waals surface area contributed by atoms with Gasteiger partial charge in [0.2, 0.25) is 5.89 Å². The van der Waals surface area contributed by atoms with Crippen LogP contribution in [0.1, 0.15) is 57.2 Å². The summed E-state index contributed by atoms with van der Waals surface area (Å²) in [7, 11) is 0. The highest BCUT2D eigenvalue weighted by Gasteiger charge is 2.42. The Kier molecular flexibility index (Phi) is 4.08. The van der Waals surface area contributed by atoms with Crippen LogP contribution in [0.2, 0.25) is 0 Å². The standard InChI is InChI=1S/C15H25N3O2/c1-2-5-13-16-14(20-17-13)11-18-9-8-15(19)7-4-3-6-12(15)10-18/h12,19H,2-11H2,1H3. The minimum Gasteiger partial charge on any atom is -0.390 e. The van der Waals surface area contributed by atoms with E-state index in [0.717, 1.165) is 63.5 Å². The van der Waals surface area contributed by atoms with Gasteiger partial charge in [0.05, 0.1) is 12.1 Å². The summed E-state index contributed by atoms with van der Waals surface area (Å²) >= 11 is 0. The van der Waals surface area contributed by atoms with Gasteiger partial charge < -0.3 is 9.63 Å². The number of aryl methyl sites for hydroxylation is 1. The summed E-state index contributed by atoms with van der Waals surface area (Å²) in [5.74, 6) is 1.95. The van der Waals surface area contributed by atoms with E-state index in [1.54, 1.807) is 0 Å². The molecule has 1 aliphatic heterocycles. The fraction of sp³-hybridized carbons (Fsp3) is 0.867. The molecule has 2 aliphatic rings. The first kappa shape index (κ1) is 14.0. The fourth-order valence-corrected chi connectivity index (χ4v) is 3.65. The molecule has 2 unspecified atom stereocenters. The van der Waals surface area contributed by atoms with Crippen LogP contribution in [0, 0.1) is 5.92 Å². The first-order valence-corrected chi connectivity index (χ1v) is 7.96. The molecule has 0 aromatic carbocycles. The van der Waals surface area contributed by atoms with E-state index in [9.17, 15) is 5.11 Å². The molecule has 5 heteroatoms. The molecule has 3 rings (SSSR count). The molecule has 2 heterocycles. The van der Waals surface area contributed by atoms with Gasteiger partial charge >= 0.3 is 0 Å². The van der Waals surface area contributed by atoms with Gasteiger partial charge in [-0.2, -0.15) is 4.98 Å². The number of nitrogens with zero attached hydrogens (tertiary/aromatic N) is 3. The van der Waals surface area contributed by atoms with E-state index in [-0.39, 0.29) is 0 Å². The quantitative estimate of drug-likeness (QED) is 0.915. The number of fused-ring (bicyclic) bond motifs is 1. The highest BCUT2D eigenvalue weighted by molar-refractivity contribution is 4.96. The zero-order valence-electron chi connectivity index (χ0n) is 12.3. The van der Waals surface area contributed by atoms with Gasteiger partial charge in [0.1, 0.15) is 0 Å². The Morgan fingerprint density at radius 3 is 3.15 bits per heavy atom. The zero-order valence-corrected chi connectivity index (χ0v) is 12.3. The van der Waals surface area contributed by atoms with Gasteiger partial charge in [-0.3, -0.25) is 4.90 Å². The van der Waals surface area contributed by atoms with Crippen LogP contribution < -0.4 is 0 Å². The van der Waals surface area contributed by atoms with Crippen LogP contribution in [0.4, 0.5) is 0 Å². The fourth-order valence-electron chi connectivity index (χ4n) is 3.65. The second-order valence-corrected chi connectivity index (χ2v) is 6.39. The number of likely N-dealkylation sites (tertiary alicyclic amines) is 1. The van der Waals surface area contributed by atoms with Crippen LogP contribution in [0.5, 0.6) is 0 Å². The summed E-state index contributed by atoms with van der Waals surface area (Å²) in [6.07, 6.45) is 7.36. The van der Waals surface area contributed by atoms with Crippen LogP contribution in [0.25, 0.3) is 0 Å². The smallest absolute Gasteiger partial charge is 0.240 e. The van der Waals surface area contributed by atoms with Gasteiger partial charge in [0.25, 0.3) is 0 Å². The average molecular weight is 279 g/mol. The predicted molar refractivity (Wildman–Crippen MR) is 75.1 cm³/mol. The molecule has 2 atom stereocenters. The van der Waals surface area contributed by atoms with Crippen LogP contribution in [-0.2, 0) is 13.0 Å². The highest BCUT2D eigenvalue weighted by Crippen LogP contribution is 2.39. The lowest BCUT2D eigenvalue weighted by molar-refractivity contribution is -0.0979. The molecule has 1 saturated heterocycles. The van der Waals surface area contributed by atoms with Crippen molar-refractivity contribution < 1.29 is 9.63 Å². The third-order valence-electron chi connectivity index (χ3n) is 4.85. The summed E-state index contributed by atoms with van der Waals surface area (Å²) in [5.41, 5.74) is -0.406. The molecule has 2 fully saturated rings. The SMILES string of the molecule is CCCc1noc(CN2CCC3(O)CCCCC3C2)n1. The lowest BCUT2D eigenvalue weighted by atomic mass is 9.71. The van der Waals surface area contributed by atoms with Gasteiger partial charge in [-0.05, 0) is 25.7 Å². The van der Waals surface area contributed by atoms with Crippen molar-refractivity contribution in [2.24, 2.45) is 5.92 Å². The Morgan fingerprint density at radius 1 is 1.40 bits per heavy atom. The van der Waals surface area contributed by atoms with Crippen molar-refractivity contribution in [3.8, 4) is 0 Å². The van der Waals surface area contributed by atoms with Crippen LogP contribution in [0.3, 0.4) is 0 Å². The molecule has 1 N–H and O–H groups in total. The Balaban J connectivity index is 1.58. The van der Waals surface area contributed by atoms with Crippen molar-refractivity contribution in [2.75, 3.05) is 13.1 Å². The van der Waals surface area contributed by atoms with Crippen molar-refractivity contribution in [2.45, 2.75) is 64.0 Å². The summed E-state index contributed by atoms with van der Waals surface area (Å²) in [5, 5.41) is 14.7. The van der Waals surface area contributed by atoms with Gasteiger partial charge in [-0.15, -0.1) is 0 Å². The van der Waals surface area contributed by atoms with Crippen LogP contribution in [0.15, 0.2) is 4.52 Å². The first-order chi connectivity index (χ1) is 9.69. The normalized spacial score (nSPS) is 31.2. The Morgan fingerprint density at radius 2 is 2.30 bits per heavy atom. The summed E-state index contributed by atoms with van der Waals surface area (Å²) in [6, 6.07) is 0. The molecule has 1 saturated carbocycles. The van der Waals surface area contributed by atoms with E-state index in [2.05, 4.69) is 22.0 Å². The molecule has 5 nitrogen and oxygen atoms in total. The van der Waals surface area contributed by atoms with Gasteiger partial charge in [0.15, 0.2) is 5.82 Å². The van der Waals surface area contributed by atoms with Crippen molar-refractivity contribution in [3.63, 3.8) is 0 Å². The Hall–Kier alpha value is -0.940. The summed E-state index contributed by atoms with van der Waals surface area (Å²) in [6.45, 7) is 4.73. The van der Waals surface area contributed by atoms with Gasteiger partial charge in [-0.25, -0.2) is 0 Å². The number of aromatic nitrogens is 2. The highest BCUT2D eigenvalue weighted by atomic mass is 16.5. The largest absolute Gasteiger partial charge is 0.390 e. The van der Waals surface area contributed by atoms with E-state index >= 15 is 0 Å². The van der Waals surface area contributed by atoms with Crippen molar-refractivity contribution in [1.82, 2.24) is 15.0 Å². The molecule has 1 aromatic rings. The monoisotopic (exact) mass is 279 g/mol. The topological polar surface area (TPSA) is 62.4 Å². The first-order valence-electron chi connectivity index (χ1n) is 7.96. The molecule has 1 aliphatic carbocycles. The Labute approximate surface area is 120 Å². The lowest BCUT2D eigenvalue weighted by Crippen LogP contribution is -2.52. The molecule has 20 heavy (non-hydrogen) atoms. The van der Waals surface area contributed by atoms with E-state index in [1.807, 2.05) is 0 Å². The zero-order chi connectivity index (χ0) is 14.0. The number of hydrogen-bond acceptors (Lipinski definition) is 5. The molecular weight excluding hydrogens is 254 g/mol. The minimum absolute atomic E-state index is 0.406. The molecule has 0 bridgehead atoms. The second kappa shape index (κ2) is 5.82. The maximum Gasteiger partial charge on any atom is 0.240 e. The van der Waals surface area contributed by atoms with E-state index in [1.165, 1.54) is 12.8 Å². The number of rotatable bonds is 4. The minimum atomic E-state index is -0.406. The average Bonchev–Trinajstić information content (AvgIpc) is 2.87. The Bertz CT molecular complexity index is 448. The van der Waals surface area contributed by atoms with Crippen molar-refractivity contribution >= 4 is 0 Å².